The Morgan fingerprint density at radius 3 is 2.29 bits per heavy atom. The highest BCUT2D eigenvalue weighted by Gasteiger charge is 2.12. The number of carbonyl (C=O) groups excluding carboxylic acids is 1. The smallest absolute Gasteiger partial charge is 0.342 e. The van der Waals surface area contributed by atoms with Crippen molar-refractivity contribution in [2.45, 2.75) is 13.5 Å². The van der Waals surface area contributed by atoms with Crippen LogP contribution in [0.4, 0.5) is 0 Å². The summed E-state index contributed by atoms with van der Waals surface area (Å²) in [6.45, 7) is 2.62. The first-order valence-electron chi connectivity index (χ1n) is 9.15. The summed E-state index contributed by atoms with van der Waals surface area (Å²) in [5.74, 6) is -0.465. The van der Waals surface area contributed by atoms with Crippen LogP contribution in [0.2, 0.25) is 0 Å². The number of hydrogen-bond acceptors (Lipinski definition) is 3. The molecule has 0 amide bonds. The topological polar surface area (TPSA) is 43.6 Å². The Morgan fingerprint density at radius 1 is 0.893 bits per heavy atom. The maximum atomic E-state index is 12.2. The van der Waals surface area contributed by atoms with Crippen LogP contribution < -0.4 is 0 Å². The summed E-state index contributed by atoms with van der Waals surface area (Å²) < 4.78 is 2.19. The van der Waals surface area contributed by atoms with Gasteiger partial charge in [0.15, 0.2) is 0 Å². The van der Waals surface area contributed by atoms with Crippen LogP contribution in [0.3, 0.4) is 0 Å². The summed E-state index contributed by atoms with van der Waals surface area (Å²) in [5.41, 5.74) is 4.43. The Morgan fingerprint density at radius 2 is 1.54 bits per heavy atom. The third-order valence-corrected chi connectivity index (χ3v) is 4.65. The molecule has 4 heteroatoms. The molecular formula is C24H20N2O2. The van der Waals surface area contributed by atoms with Gasteiger partial charge in [0.2, 0.25) is 0 Å². The molecule has 4 nitrogen and oxygen atoms in total. The third-order valence-electron chi connectivity index (χ3n) is 4.65. The molecule has 0 radical (unpaired) electrons. The molecule has 0 aliphatic rings. The lowest BCUT2D eigenvalue weighted by Gasteiger charge is -2.05. The van der Waals surface area contributed by atoms with E-state index in [-0.39, 0.29) is 0 Å². The fraction of sp³-hybridized carbons (Fsp3) is 0.0833. The van der Waals surface area contributed by atoms with Gasteiger partial charge in [-0.2, -0.15) is 0 Å². The van der Waals surface area contributed by atoms with E-state index in [9.17, 15) is 4.79 Å². The molecule has 4 aromatic rings. The molecule has 0 aliphatic carbocycles. The molecule has 0 atom stereocenters. The van der Waals surface area contributed by atoms with Crippen molar-refractivity contribution in [3.05, 3.63) is 108 Å². The third kappa shape index (κ3) is 3.71. The largest absolute Gasteiger partial charge is 0.365 e. The van der Waals surface area contributed by atoms with E-state index in [0.29, 0.717) is 11.3 Å². The maximum absolute atomic E-state index is 12.2. The fourth-order valence-corrected chi connectivity index (χ4v) is 3.23. The van der Waals surface area contributed by atoms with Crippen molar-refractivity contribution in [3.63, 3.8) is 0 Å². The van der Waals surface area contributed by atoms with Crippen LogP contribution in [0.15, 0.2) is 96.3 Å². The van der Waals surface area contributed by atoms with E-state index in [0.717, 1.165) is 23.0 Å². The van der Waals surface area contributed by atoms with E-state index < -0.39 is 5.97 Å². The summed E-state index contributed by atoms with van der Waals surface area (Å²) in [5, 5.41) is 5.17. The van der Waals surface area contributed by atoms with Gasteiger partial charge in [-0.05, 0) is 30.7 Å². The Kier molecular flexibility index (Phi) is 5.02. The molecule has 28 heavy (non-hydrogen) atoms. The Labute approximate surface area is 163 Å². The Balaban J connectivity index is 1.63. The zero-order valence-electron chi connectivity index (χ0n) is 15.6. The van der Waals surface area contributed by atoms with Crippen LogP contribution >= 0.6 is 0 Å². The summed E-state index contributed by atoms with van der Waals surface area (Å²) >= 11 is 0. The standard InChI is InChI=1S/C24H20N2O2/c1-18(25-28-24(27)20-12-6-3-7-13-20)22-17-26(16-19-10-4-2-5-11-19)23-15-9-8-14-21(22)23/h2-15,17H,16H2,1H3/b25-18+. The molecular weight excluding hydrogens is 348 g/mol. The second kappa shape index (κ2) is 7.92. The van der Waals surface area contributed by atoms with E-state index in [2.05, 4.69) is 40.2 Å². The minimum atomic E-state index is -0.465. The van der Waals surface area contributed by atoms with Gasteiger partial charge in [0, 0.05) is 29.2 Å². The predicted octanol–water partition coefficient (Wildman–Crippen LogP) is 5.27. The first kappa shape index (κ1) is 17.7. The number of aromatic nitrogens is 1. The van der Waals surface area contributed by atoms with Crippen molar-refractivity contribution in [2.24, 2.45) is 5.16 Å². The van der Waals surface area contributed by atoms with Crippen LogP contribution in [-0.2, 0) is 11.4 Å². The molecule has 0 spiro atoms. The molecule has 138 valence electrons. The highest BCUT2D eigenvalue weighted by atomic mass is 16.7. The number of carbonyl (C=O) groups is 1. The number of fused-ring (bicyclic) bond motifs is 1. The number of para-hydroxylation sites is 1. The van der Waals surface area contributed by atoms with Gasteiger partial charge in [-0.25, -0.2) is 4.79 Å². The van der Waals surface area contributed by atoms with E-state index in [1.807, 2.05) is 43.3 Å². The molecule has 0 aliphatic heterocycles. The Hall–Kier alpha value is -3.66. The first-order valence-corrected chi connectivity index (χ1v) is 9.15. The number of rotatable bonds is 5. The summed E-state index contributed by atoms with van der Waals surface area (Å²) in [4.78, 5) is 17.3. The van der Waals surface area contributed by atoms with Crippen molar-refractivity contribution in [2.75, 3.05) is 0 Å². The lowest BCUT2D eigenvalue weighted by molar-refractivity contribution is 0.0516. The Bertz CT molecular complexity index is 1130. The summed E-state index contributed by atoms with van der Waals surface area (Å²) in [6.07, 6.45) is 2.06. The van der Waals surface area contributed by atoms with Gasteiger partial charge in [0.05, 0.1) is 11.3 Å². The molecule has 0 N–H and O–H groups in total. The molecule has 3 aromatic carbocycles. The quantitative estimate of drug-likeness (QED) is 0.274. The molecule has 0 fully saturated rings. The predicted molar refractivity (Wildman–Crippen MR) is 112 cm³/mol. The van der Waals surface area contributed by atoms with Crippen molar-refractivity contribution >= 4 is 22.6 Å². The van der Waals surface area contributed by atoms with Gasteiger partial charge < -0.3 is 9.40 Å². The zero-order valence-corrected chi connectivity index (χ0v) is 15.6. The minimum Gasteiger partial charge on any atom is -0.342 e. The van der Waals surface area contributed by atoms with Crippen LogP contribution in [0.25, 0.3) is 10.9 Å². The van der Waals surface area contributed by atoms with E-state index in [1.165, 1.54) is 5.56 Å². The minimum absolute atomic E-state index is 0.465. The highest BCUT2D eigenvalue weighted by molar-refractivity contribution is 6.09. The first-order chi connectivity index (χ1) is 13.7. The molecule has 0 bridgehead atoms. The van der Waals surface area contributed by atoms with Crippen LogP contribution in [0.5, 0.6) is 0 Å². The number of oxime groups is 1. The zero-order chi connectivity index (χ0) is 19.3. The average Bonchev–Trinajstić information content (AvgIpc) is 3.12. The van der Waals surface area contributed by atoms with Gasteiger partial charge in [-0.15, -0.1) is 0 Å². The van der Waals surface area contributed by atoms with Gasteiger partial charge in [-0.3, -0.25) is 0 Å². The average molecular weight is 368 g/mol. The molecule has 0 saturated carbocycles. The molecule has 1 aromatic heterocycles. The molecule has 0 saturated heterocycles. The van der Waals surface area contributed by atoms with Crippen LogP contribution in [-0.4, -0.2) is 16.2 Å². The monoisotopic (exact) mass is 368 g/mol. The fourth-order valence-electron chi connectivity index (χ4n) is 3.23. The second-order valence-corrected chi connectivity index (χ2v) is 6.59. The maximum Gasteiger partial charge on any atom is 0.365 e. The number of nitrogens with zero attached hydrogens (tertiary/aromatic N) is 2. The second-order valence-electron chi connectivity index (χ2n) is 6.59. The van der Waals surface area contributed by atoms with E-state index in [4.69, 9.17) is 4.84 Å². The van der Waals surface area contributed by atoms with E-state index in [1.54, 1.807) is 24.3 Å². The van der Waals surface area contributed by atoms with Crippen molar-refractivity contribution in [3.8, 4) is 0 Å². The highest BCUT2D eigenvalue weighted by Crippen LogP contribution is 2.23. The van der Waals surface area contributed by atoms with Gasteiger partial charge >= 0.3 is 5.97 Å². The lowest BCUT2D eigenvalue weighted by atomic mass is 10.1. The van der Waals surface area contributed by atoms with Crippen molar-refractivity contribution in [1.82, 2.24) is 4.57 Å². The molecule has 4 rings (SSSR count). The van der Waals surface area contributed by atoms with Gasteiger partial charge in [0.25, 0.3) is 0 Å². The lowest BCUT2D eigenvalue weighted by Crippen LogP contribution is -2.03. The van der Waals surface area contributed by atoms with Crippen molar-refractivity contribution in [1.29, 1.82) is 0 Å². The van der Waals surface area contributed by atoms with Crippen LogP contribution in [0, 0.1) is 0 Å². The van der Waals surface area contributed by atoms with Crippen LogP contribution in [0.1, 0.15) is 28.4 Å². The summed E-state index contributed by atoms with van der Waals surface area (Å²) in [6, 6.07) is 27.3. The van der Waals surface area contributed by atoms with Crippen molar-refractivity contribution < 1.29 is 9.63 Å². The SMILES string of the molecule is C/C(=N\OC(=O)c1ccccc1)c1cn(Cc2ccccc2)c2ccccc12. The van der Waals surface area contributed by atoms with Gasteiger partial charge in [0.1, 0.15) is 0 Å². The van der Waals surface area contributed by atoms with E-state index >= 15 is 0 Å². The molecule has 0 unspecified atom stereocenters. The molecule has 1 heterocycles. The number of hydrogen-bond donors (Lipinski definition) is 0. The number of benzene rings is 3. The summed E-state index contributed by atoms with van der Waals surface area (Å²) in [7, 11) is 0. The normalized spacial score (nSPS) is 11.5. The van der Waals surface area contributed by atoms with Gasteiger partial charge in [-0.1, -0.05) is 71.9 Å².